The summed E-state index contributed by atoms with van der Waals surface area (Å²) in [7, 11) is 0. The Kier molecular flexibility index (Phi) is 9.61. The van der Waals surface area contributed by atoms with E-state index in [9.17, 15) is 19.5 Å². The maximum Gasteiger partial charge on any atom is 0.304 e. The van der Waals surface area contributed by atoms with Crippen LogP contribution in [0.3, 0.4) is 0 Å². The van der Waals surface area contributed by atoms with E-state index in [1.807, 2.05) is 100 Å². The van der Waals surface area contributed by atoms with Crippen LogP contribution in [0.25, 0.3) is 11.1 Å². The van der Waals surface area contributed by atoms with Crippen LogP contribution in [0.15, 0.2) is 72.8 Å². The van der Waals surface area contributed by atoms with Crippen molar-refractivity contribution in [2.75, 3.05) is 0 Å². The Bertz CT molecular complexity index is 1220. The quantitative estimate of drug-likeness (QED) is 0.320. The van der Waals surface area contributed by atoms with E-state index in [0.29, 0.717) is 18.5 Å². The molecule has 2 amide bonds. The fourth-order valence-corrected chi connectivity index (χ4v) is 4.33. The van der Waals surface area contributed by atoms with Crippen LogP contribution >= 0.6 is 0 Å². The first-order valence-electron chi connectivity index (χ1n) is 12.7. The fourth-order valence-electron chi connectivity index (χ4n) is 4.33. The van der Waals surface area contributed by atoms with Crippen LogP contribution in [-0.2, 0) is 20.9 Å². The molecule has 37 heavy (non-hydrogen) atoms. The van der Waals surface area contributed by atoms with E-state index in [1.54, 1.807) is 0 Å². The Balaban J connectivity index is 1.85. The van der Waals surface area contributed by atoms with Crippen LogP contribution in [0.1, 0.15) is 55.0 Å². The highest BCUT2D eigenvalue weighted by molar-refractivity contribution is 5.90. The number of hydrogen-bond donors (Lipinski definition) is 3. The van der Waals surface area contributed by atoms with Crippen LogP contribution in [-0.4, -0.2) is 22.9 Å². The molecule has 0 spiro atoms. The molecule has 0 aliphatic carbocycles. The minimum atomic E-state index is -1.04. The summed E-state index contributed by atoms with van der Waals surface area (Å²) < 4.78 is 0. The summed E-state index contributed by atoms with van der Waals surface area (Å²) in [5.74, 6) is -2.41. The SMILES string of the molecule is Cc1ccc(CNC(=O)C(NC(=O)[C@@H](CC(=O)O)CC(C)C)c2ccc(-c3ccccc3)cc2)cc1C. The van der Waals surface area contributed by atoms with E-state index in [0.717, 1.165) is 22.3 Å². The van der Waals surface area contributed by atoms with Gasteiger partial charge in [0.25, 0.3) is 0 Å². The first kappa shape index (κ1) is 27.7. The summed E-state index contributed by atoms with van der Waals surface area (Å²) in [6.45, 7) is 8.26. The number of carbonyl (C=O) groups excluding carboxylic acids is 2. The number of carbonyl (C=O) groups is 3. The molecular weight excluding hydrogens is 464 g/mol. The molecular formula is C31H36N2O4. The smallest absolute Gasteiger partial charge is 0.304 e. The largest absolute Gasteiger partial charge is 0.481 e. The lowest BCUT2D eigenvalue weighted by atomic mass is 9.92. The Hall–Kier alpha value is -3.93. The highest BCUT2D eigenvalue weighted by Gasteiger charge is 2.29. The molecule has 2 atom stereocenters. The lowest BCUT2D eigenvalue weighted by Gasteiger charge is -2.23. The number of amides is 2. The van der Waals surface area contributed by atoms with Crippen molar-refractivity contribution in [1.82, 2.24) is 10.6 Å². The zero-order valence-electron chi connectivity index (χ0n) is 22.0. The molecule has 0 saturated heterocycles. The normalized spacial score (nSPS) is 12.6. The maximum absolute atomic E-state index is 13.4. The molecule has 0 fully saturated rings. The number of hydrogen-bond acceptors (Lipinski definition) is 3. The lowest BCUT2D eigenvalue weighted by molar-refractivity contribution is -0.141. The van der Waals surface area contributed by atoms with Crippen molar-refractivity contribution in [3.05, 3.63) is 95.1 Å². The van der Waals surface area contributed by atoms with Gasteiger partial charge in [0.15, 0.2) is 0 Å². The average molecular weight is 501 g/mol. The molecule has 1 unspecified atom stereocenters. The number of carboxylic acids is 1. The van der Waals surface area contributed by atoms with Gasteiger partial charge in [0.05, 0.1) is 6.42 Å². The van der Waals surface area contributed by atoms with Crippen molar-refractivity contribution in [2.45, 2.75) is 53.1 Å². The van der Waals surface area contributed by atoms with Crippen molar-refractivity contribution < 1.29 is 19.5 Å². The van der Waals surface area contributed by atoms with Crippen molar-refractivity contribution in [2.24, 2.45) is 11.8 Å². The molecule has 194 valence electrons. The second-order valence-electron chi connectivity index (χ2n) is 9.99. The summed E-state index contributed by atoms with van der Waals surface area (Å²) in [5, 5.41) is 15.1. The highest BCUT2D eigenvalue weighted by Crippen LogP contribution is 2.24. The van der Waals surface area contributed by atoms with E-state index >= 15 is 0 Å². The summed E-state index contributed by atoms with van der Waals surface area (Å²) in [6, 6.07) is 22.5. The molecule has 0 bridgehead atoms. The van der Waals surface area contributed by atoms with E-state index in [1.165, 1.54) is 5.56 Å². The van der Waals surface area contributed by atoms with E-state index < -0.39 is 23.8 Å². The first-order chi connectivity index (χ1) is 17.6. The Morgan fingerprint density at radius 1 is 0.811 bits per heavy atom. The van der Waals surface area contributed by atoms with Gasteiger partial charge in [-0.05, 0) is 59.6 Å². The third-order valence-electron chi connectivity index (χ3n) is 6.49. The van der Waals surface area contributed by atoms with Crippen LogP contribution in [0.4, 0.5) is 0 Å². The van der Waals surface area contributed by atoms with Crippen molar-refractivity contribution in [3.63, 3.8) is 0 Å². The summed E-state index contributed by atoms with van der Waals surface area (Å²) in [5.41, 5.74) is 5.95. The third kappa shape index (κ3) is 8.04. The van der Waals surface area contributed by atoms with Gasteiger partial charge in [-0.3, -0.25) is 14.4 Å². The van der Waals surface area contributed by atoms with Gasteiger partial charge in [0.2, 0.25) is 11.8 Å². The van der Waals surface area contributed by atoms with E-state index in [-0.39, 0.29) is 18.2 Å². The predicted molar refractivity (Wildman–Crippen MR) is 146 cm³/mol. The molecule has 0 heterocycles. The van der Waals surface area contributed by atoms with Gasteiger partial charge in [0.1, 0.15) is 6.04 Å². The Morgan fingerprint density at radius 3 is 2.05 bits per heavy atom. The van der Waals surface area contributed by atoms with Gasteiger partial charge < -0.3 is 15.7 Å². The molecule has 0 radical (unpaired) electrons. The second kappa shape index (κ2) is 12.9. The molecule has 0 aliphatic heterocycles. The molecule has 3 N–H and O–H groups in total. The lowest BCUT2D eigenvalue weighted by Crippen LogP contribution is -2.43. The molecule has 3 aromatic carbocycles. The topological polar surface area (TPSA) is 95.5 Å². The number of carboxylic acid groups (broad SMARTS) is 1. The number of rotatable bonds is 11. The summed E-state index contributed by atoms with van der Waals surface area (Å²) >= 11 is 0. The van der Waals surface area contributed by atoms with Crippen LogP contribution in [0, 0.1) is 25.7 Å². The predicted octanol–water partition coefficient (Wildman–Crippen LogP) is 5.58. The number of nitrogens with one attached hydrogen (secondary N) is 2. The molecule has 6 heteroatoms. The molecule has 3 aromatic rings. The van der Waals surface area contributed by atoms with Crippen LogP contribution in [0.2, 0.25) is 0 Å². The minimum absolute atomic E-state index is 0.136. The van der Waals surface area contributed by atoms with Gasteiger partial charge in [-0.25, -0.2) is 0 Å². The second-order valence-corrected chi connectivity index (χ2v) is 9.99. The van der Waals surface area contributed by atoms with Crippen molar-refractivity contribution in [3.8, 4) is 11.1 Å². The maximum atomic E-state index is 13.4. The Labute approximate surface area is 219 Å². The monoisotopic (exact) mass is 500 g/mol. The number of aliphatic carboxylic acids is 1. The van der Waals surface area contributed by atoms with E-state index in [2.05, 4.69) is 10.6 Å². The Morgan fingerprint density at radius 2 is 1.46 bits per heavy atom. The molecule has 0 aliphatic rings. The zero-order valence-corrected chi connectivity index (χ0v) is 22.0. The number of aryl methyl sites for hydroxylation is 2. The summed E-state index contributed by atoms with van der Waals surface area (Å²) in [4.78, 5) is 38.0. The zero-order chi connectivity index (χ0) is 26.9. The molecule has 0 aromatic heterocycles. The fraction of sp³-hybridized carbons (Fsp3) is 0.323. The third-order valence-corrected chi connectivity index (χ3v) is 6.49. The van der Waals surface area contributed by atoms with E-state index in [4.69, 9.17) is 0 Å². The van der Waals surface area contributed by atoms with Gasteiger partial charge in [-0.1, -0.05) is 86.6 Å². The average Bonchev–Trinajstić information content (AvgIpc) is 2.87. The van der Waals surface area contributed by atoms with Gasteiger partial charge in [0, 0.05) is 12.5 Å². The van der Waals surface area contributed by atoms with Crippen LogP contribution in [0.5, 0.6) is 0 Å². The standard InChI is InChI=1S/C31H36N2O4/c1-20(2)16-27(18-28(34)35)30(36)33-29(31(37)32-19-23-11-10-21(3)22(4)17-23)26-14-12-25(13-15-26)24-8-6-5-7-9-24/h5-15,17,20,27,29H,16,18-19H2,1-4H3,(H,32,37)(H,33,36)(H,34,35)/t27-,29?/m1/s1. The highest BCUT2D eigenvalue weighted by atomic mass is 16.4. The van der Waals surface area contributed by atoms with Crippen molar-refractivity contribution >= 4 is 17.8 Å². The van der Waals surface area contributed by atoms with Crippen LogP contribution < -0.4 is 10.6 Å². The molecule has 3 rings (SSSR count). The van der Waals surface area contributed by atoms with Crippen molar-refractivity contribution in [1.29, 1.82) is 0 Å². The van der Waals surface area contributed by atoms with Gasteiger partial charge >= 0.3 is 5.97 Å². The van der Waals surface area contributed by atoms with Gasteiger partial charge in [-0.2, -0.15) is 0 Å². The molecule has 0 saturated carbocycles. The number of benzene rings is 3. The molecule has 6 nitrogen and oxygen atoms in total. The summed E-state index contributed by atoms with van der Waals surface area (Å²) in [6.07, 6.45) is 0.135. The minimum Gasteiger partial charge on any atom is -0.481 e. The van der Waals surface area contributed by atoms with Gasteiger partial charge in [-0.15, -0.1) is 0 Å². The first-order valence-corrected chi connectivity index (χ1v) is 12.7.